The largest absolute Gasteiger partial charge is 0.329 e. The molecular weight excluding hydrogens is 446 g/mol. The number of benzene rings is 1. The highest BCUT2D eigenvalue weighted by Crippen LogP contribution is 2.29. The van der Waals surface area contributed by atoms with Gasteiger partial charge in [0.25, 0.3) is 0 Å². The summed E-state index contributed by atoms with van der Waals surface area (Å²) in [6.45, 7) is 2.10. The molecule has 0 unspecified atom stereocenters. The molecule has 0 spiro atoms. The molecule has 0 atom stereocenters. The highest BCUT2D eigenvalue weighted by atomic mass is 79.9. The lowest BCUT2D eigenvalue weighted by Crippen LogP contribution is -2.15. The number of aromatic amines is 1. The molecule has 0 amide bonds. The van der Waals surface area contributed by atoms with Gasteiger partial charge < -0.3 is 9.47 Å². The van der Waals surface area contributed by atoms with Crippen molar-refractivity contribution in [1.82, 2.24) is 39.8 Å². The third-order valence-corrected chi connectivity index (χ3v) is 5.42. The predicted octanol–water partition coefficient (Wildman–Crippen LogP) is 3.79. The molecule has 5 rings (SSSR count). The van der Waals surface area contributed by atoms with Crippen molar-refractivity contribution in [3.63, 3.8) is 0 Å². The van der Waals surface area contributed by atoms with Crippen LogP contribution in [0.2, 0.25) is 0 Å². The molecule has 0 aliphatic carbocycles. The van der Waals surface area contributed by atoms with Crippen LogP contribution in [0.1, 0.15) is 12.6 Å². The normalized spacial score (nSPS) is 11.3. The summed E-state index contributed by atoms with van der Waals surface area (Å²) < 4.78 is 4.83. The smallest absolute Gasteiger partial charge is 0.196 e. The number of fused-ring (bicyclic) bond motifs is 1. The van der Waals surface area contributed by atoms with Crippen molar-refractivity contribution >= 4 is 33.1 Å². The fourth-order valence-electron chi connectivity index (χ4n) is 3.43. The molecule has 0 saturated carbocycles. The van der Waals surface area contributed by atoms with E-state index in [1.807, 2.05) is 34.5 Å². The number of hydrogen-bond acceptors (Lipinski definition) is 6. The van der Waals surface area contributed by atoms with Crippen molar-refractivity contribution in [2.75, 3.05) is 11.9 Å². The van der Waals surface area contributed by atoms with Crippen molar-refractivity contribution in [3.8, 4) is 17.2 Å². The molecule has 0 saturated heterocycles. The summed E-state index contributed by atoms with van der Waals surface area (Å²) in [5, 5.41) is 18.6. The summed E-state index contributed by atoms with van der Waals surface area (Å²) in [6.07, 6.45) is 4.62. The summed E-state index contributed by atoms with van der Waals surface area (Å²) in [5.41, 5.74) is 4.78. The Bertz CT molecular complexity index is 1300. The number of aryl methyl sites for hydroxylation is 1. The first-order chi connectivity index (χ1) is 14.6. The Morgan fingerprint density at radius 2 is 1.97 bits per heavy atom. The van der Waals surface area contributed by atoms with Crippen LogP contribution in [0.4, 0.5) is 11.5 Å². The Hall–Kier alpha value is -3.53. The number of tetrazole rings is 1. The van der Waals surface area contributed by atoms with Crippen LogP contribution in [0, 0.1) is 0 Å². The lowest BCUT2D eigenvalue weighted by molar-refractivity contribution is 0.881. The van der Waals surface area contributed by atoms with Crippen LogP contribution in [0.3, 0.4) is 0 Å². The average molecular weight is 464 g/mol. The van der Waals surface area contributed by atoms with Crippen LogP contribution >= 0.6 is 15.9 Å². The van der Waals surface area contributed by atoms with Gasteiger partial charge in [0.1, 0.15) is 5.82 Å². The minimum atomic E-state index is 0.604. The van der Waals surface area contributed by atoms with Crippen LogP contribution in [0.5, 0.6) is 0 Å². The number of nitrogens with one attached hydrogen (secondary N) is 1. The fraction of sp³-hybridized carbons (Fsp3) is 0.150. The van der Waals surface area contributed by atoms with Crippen molar-refractivity contribution in [3.05, 3.63) is 65.0 Å². The number of halogens is 1. The van der Waals surface area contributed by atoms with Crippen LogP contribution in [0.25, 0.3) is 22.9 Å². The van der Waals surface area contributed by atoms with Crippen LogP contribution in [-0.2, 0) is 6.42 Å². The predicted molar refractivity (Wildman–Crippen MR) is 117 cm³/mol. The van der Waals surface area contributed by atoms with E-state index in [4.69, 9.17) is 0 Å². The monoisotopic (exact) mass is 463 g/mol. The number of H-pyrrole nitrogens is 1. The Morgan fingerprint density at radius 1 is 1.13 bits per heavy atom. The molecular formula is C20H18BrN9. The minimum absolute atomic E-state index is 0.604. The Labute approximate surface area is 180 Å². The highest BCUT2D eigenvalue weighted by molar-refractivity contribution is 9.10. The summed E-state index contributed by atoms with van der Waals surface area (Å²) >= 11 is 3.54. The molecule has 0 aliphatic rings. The van der Waals surface area contributed by atoms with E-state index in [1.165, 1.54) is 0 Å². The van der Waals surface area contributed by atoms with E-state index < -0.39 is 0 Å². The van der Waals surface area contributed by atoms with E-state index in [1.54, 1.807) is 6.20 Å². The number of hydrogen-bond donors (Lipinski definition) is 1. The third-order valence-electron chi connectivity index (χ3n) is 4.99. The third kappa shape index (κ3) is 3.14. The summed E-state index contributed by atoms with van der Waals surface area (Å²) in [5.74, 6) is 1.57. The Kier molecular flexibility index (Phi) is 4.55. The number of aromatic nitrogens is 8. The van der Waals surface area contributed by atoms with Gasteiger partial charge in [-0.05, 0) is 63.1 Å². The minimum Gasteiger partial charge on any atom is -0.329 e. The standard InChI is InChI=1S/C20H18BrN9/c1-3-14-11-19(30-18(23-14)8-9-22-30)28(2)15-4-6-16(7-5-15)29-12-13(21)10-17(29)20-24-26-27-25-20/h4-12H,3H2,1-2H3,(H,24,25,26,27). The number of nitrogens with zero attached hydrogens (tertiary/aromatic N) is 8. The zero-order valence-electron chi connectivity index (χ0n) is 16.4. The lowest BCUT2D eigenvalue weighted by atomic mass is 10.2. The van der Waals surface area contributed by atoms with Gasteiger partial charge >= 0.3 is 0 Å². The van der Waals surface area contributed by atoms with Gasteiger partial charge in [-0.2, -0.15) is 9.61 Å². The molecule has 30 heavy (non-hydrogen) atoms. The van der Waals surface area contributed by atoms with E-state index in [0.29, 0.717) is 5.82 Å². The number of rotatable bonds is 5. The Morgan fingerprint density at radius 3 is 2.70 bits per heavy atom. The molecule has 10 heteroatoms. The van der Waals surface area contributed by atoms with E-state index in [9.17, 15) is 0 Å². The van der Waals surface area contributed by atoms with Gasteiger partial charge in [0.05, 0.1) is 11.9 Å². The maximum Gasteiger partial charge on any atom is 0.196 e. The lowest BCUT2D eigenvalue weighted by Gasteiger charge is -2.21. The molecule has 150 valence electrons. The van der Waals surface area contributed by atoms with Gasteiger partial charge in [-0.15, -0.1) is 5.10 Å². The van der Waals surface area contributed by atoms with Gasteiger partial charge in [-0.1, -0.05) is 6.92 Å². The fourth-order valence-corrected chi connectivity index (χ4v) is 3.85. The second-order valence-electron chi connectivity index (χ2n) is 6.80. The van der Waals surface area contributed by atoms with Crippen LogP contribution < -0.4 is 4.90 Å². The van der Waals surface area contributed by atoms with Crippen LogP contribution in [-0.4, -0.2) is 46.8 Å². The van der Waals surface area contributed by atoms with Gasteiger partial charge in [0, 0.05) is 46.9 Å². The maximum atomic E-state index is 4.63. The average Bonchev–Trinajstić information content (AvgIpc) is 3.52. The van der Waals surface area contributed by atoms with Crippen LogP contribution in [0.15, 0.2) is 59.3 Å². The summed E-state index contributed by atoms with van der Waals surface area (Å²) in [4.78, 5) is 6.74. The maximum absolute atomic E-state index is 4.63. The molecule has 0 bridgehead atoms. The molecule has 0 aliphatic heterocycles. The van der Waals surface area contributed by atoms with Crippen molar-refractivity contribution in [1.29, 1.82) is 0 Å². The van der Waals surface area contributed by atoms with Crippen molar-refractivity contribution in [2.24, 2.45) is 0 Å². The quantitative estimate of drug-likeness (QED) is 0.426. The zero-order valence-corrected chi connectivity index (χ0v) is 17.9. The topological polar surface area (TPSA) is 92.8 Å². The van der Waals surface area contributed by atoms with E-state index >= 15 is 0 Å². The van der Waals surface area contributed by atoms with Crippen molar-refractivity contribution in [2.45, 2.75) is 13.3 Å². The Balaban J connectivity index is 1.52. The second-order valence-corrected chi connectivity index (χ2v) is 7.71. The SMILES string of the molecule is CCc1cc(N(C)c2ccc(-n3cc(Br)cc3-c3nnn[nH]3)cc2)n2nccc2n1. The molecule has 5 aromatic rings. The van der Waals surface area contributed by atoms with Gasteiger partial charge in [-0.25, -0.2) is 10.1 Å². The molecule has 1 aromatic carbocycles. The zero-order chi connectivity index (χ0) is 20.7. The van der Waals surface area contributed by atoms with Gasteiger partial charge in [0.15, 0.2) is 11.5 Å². The first-order valence-electron chi connectivity index (χ1n) is 9.44. The molecule has 0 radical (unpaired) electrons. The first kappa shape index (κ1) is 18.5. The van der Waals surface area contributed by atoms with E-state index in [0.717, 1.165) is 45.1 Å². The van der Waals surface area contributed by atoms with E-state index in [-0.39, 0.29) is 0 Å². The van der Waals surface area contributed by atoms with Gasteiger partial charge in [0.2, 0.25) is 0 Å². The summed E-state index contributed by atoms with van der Waals surface area (Å²) in [7, 11) is 2.03. The molecule has 4 heterocycles. The molecule has 9 nitrogen and oxygen atoms in total. The van der Waals surface area contributed by atoms with Crippen molar-refractivity contribution < 1.29 is 0 Å². The second kappa shape index (κ2) is 7.38. The molecule has 4 aromatic heterocycles. The summed E-state index contributed by atoms with van der Waals surface area (Å²) in [6, 6.07) is 14.2. The molecule has 1 N–H and O–H groups in total. The van der Waals surface area contributed by atoms with Gasteiger partial charge in [-0.3, -0.25) is 0 Å². The number of anilines is 2. The first-order valence-corrected chi connectivity index (χ1v) is 10.2. The molecule has 0 fully saturated rings. The van der Waals surface area contributed by atoms with E-state index in [2.05, 4.69) is 88.8 Å². The highest BCUT2D eigenvalue weighted by Gasteiger charge is 2.14.